The van der Waals surface area contributed by atoms with Gasteiger partial charge in [-0.1, -0.05) is 36.2 Å². The van der Waals surface area contributed by atoms with Crippen molar-refractivity contribution in [3.8, 4) is 0 Å². The maximum Gasteiger partial charge on any atom is 0.125 e. The van der Waals surface area contributed by atoms with Crippen LogP contribution in [0.25, 0.3) is 0 Å². The third-order valence-electron chi connectivity index (χ3n) is 2.31. The summed E-state index contributed by atoms with van der Waals surface area (Å²) in [5, 5.41) is 9.98. The second-order valence-corrected chi connectivity index (χ2v) is 4.83. The Morgan fingerprint density at radius 1 is 1.26 bits per heavy atom. The van der Waals surface area contributed by atoms with Gasteiger partial charge >= 0.3 is 0 Å². The Hall–Kier alpha value is 0.732. The molecule has 1 aromatic carbocycles. The number of hydrogen-bond acceptors (Lipinski definition) is 3. The zero-order chi connectivity index (χ0) is 13.5. The van der Waals surface area contributed by atoms with Gasteiger partial charge in [0.25, 0.3) is 0 Å². The fourth-order valence-corrected chi connectivity index (χ4v) is 1.70. The first-order valence-electron chi connectivity index (χ1n) is 5.68. The summed E-state index contributed by atoms with van der Waals surface area (Å²) in [4.78, 5) is 0. The monoisotopic (exact) mass is 529 g/mol. The van der Waals surface area contributed by atoms with Gasteiger partial charge in [-0.15, -0.1) is 5.92 Å². The van der Waals surface area contributed by atoms with Gasteiger partial charge in [-0.25, -0.2) is 6.61 Å². The molecule has 0 radical (unpaired) electrons. The zero-order valence-electron chi connectivity index (χ0n) is 10.9. The number of halogens is 2. The van der Waals surface area contributed by atoms with Crippen molar-refractivity contribution in [3.63, 3.8) is 0 Å². The average molecular weight is 530 g/mol. The number of benzene rings is 1. The van der Waals surface area contributed by atoms with E-state index in [9.17, 15) is 0 Å². The molecule has 0 aliphatic carbocycles. The van der Waals surface area contributed by atoms with Crippen LogP contribution in [0.2, 0.25) is 10.0 Å². The van der Waals surface area contributed by atoms with Crippen LogP contribution in [0.5, 0.6) is 0 Å². The van der Waals surface area contributed by atoms with E-state index < -0.39 is 6.29 Å². The van der Waals surface area contributed by atoms with Crippen LogP contribution < -0.4 is 0 Å². The van der Waals surface area contributed by atoms with Crippen molar-refractivity contribution in [2.75, 3.05) is 6.61 Å². The molecule has 0 spiro atoms. The Morgan fingerprint density at radius 3 is 2.37 bits per heavy atom. The molecule has 6 heteroatoms. The normalized spacial score (nSPS) is 13.7. The Balaban J connectivity index is 0.00000324. The number of hydrogen-bond donors (Lipinski definition) is 1. The third-order valence-corrected chi connectivity index (χ3v) is 3.02. The fourth-order valence-electron chi connectivity index (χ4n) is 1.20. The van der Waals surface area contributed by atoms with Gasteiger partial charge in [-0.2, -0.15) is 0 Å². The van der Waals surface area contributed by atoms with Crippen molar-refractivity contribution >= 4 is 23.2 Å². The van der Waals surface area contributed by atoms with E-state index in [1.54, 1.807) is 31.7 Å². The van der Waals surface area contributed by atoms with Crippen LogP contribution in [-0.2, 0) is 16.1 Å². The molecule has 0 saturated heterocycles. The average Bonchev–Trinajstić information content (AvgIpc) is 2.35. The topological polar surface area (TPSA) is 38.7 Å². The predicted molar refractivity (Wildman–Crippen MR) is 72.3 cm³/mol. The standard InChI is InChI=1S/C13H17Cl2O3.U/c1-9(6-16)7-17-10(2)18-8-11-12(14)4-3-5-13(11)15;/h3-5,7,9-10,16H,6,8H2,1-2H3;/q-1;. The van der Waals surface area contributed by atoms with Crippen molar-refractivity contribution in [2.24, 2.45) is 5.92 Å². The van der Waals surface area contributed by atoms with Crippen molar-refractivity contribution in [3.05, 3.63) is 40.4 Å². The summed E-state index contributed by atoms with van der Waals surface area (Å²) in [7, 11) is 0. The summed E-state index contributed by atoms with van der Waals surface area (Å²) in [6, 6.07) is 5.31. The quantitative estimate of drug-likeness (QED) is 0.433. The first-order valence-corrected chi connectivity index (χ1v) is 6.44. The zero-order valence-corrected chi connectivity index (χ0v) is 16.6. The van der Waals surface area contributed by atoms with E-state index in [2.05, 4.69) is 0 Å². The maximum absolute atomic E-state index is 8.84. The molecule has 1 N–H and O–H groups in total. The fraction of sp³-hybridized carbons (Fsp3) is 0.462. The molecule has 0 heterocycles. The first kappa shape index (κ1) is 19.7. The number of aliphatic hydroxyl groups is 1. The predicted octanol–water partition coefficient (Wildman–Crippen LogP) is 3.66. The summed E-state index contributed by atoms with van der Waals surface area (Å²) in [5.74, 6) is -0.0278. The molecule has 0 fully saturated rings. The smallest absolute Gasteiger partial charge is 0.125 e. The van der Waals surface area contributed by atoms with Gasteiger partial charge in [-0.05, 0) is 19.1 Å². The molecule has 19 heavy (non-hydrogen) atoms. The molecule has 0 aromatic heterocycles. The van der Waals surface area contributed by atoms with Crippen LogP contribution in [0.15, 0.2) is 18.2 Å². The van der Waals surface area contributed by atoms with Crippen LogP contribution in [0.3, 0.4) is 0 Å². The van der Waals surface area contributed by atoms with E-state index in [1.165, 1.54) is 0 Å². The van der Waals surface area contributed by atoms with Gasteiger partial charge in [0.1, 0.15) is 6.29 Å². The minimum Gasteiger partial charge on any atom is -0.529 e. The van der Waals surface area contributed by atoms with Gasteiger partial charge in [0.15, 0.2) is 0 Å². The van der Waals surface area contributed by atoms with Gasteiger partial charge < -0.3 is 14.6 Å². The number of rotatable bonds is 7. The van der Waals surface area contributed by atoms with Crippen LogP contribution >= 0.6 is 23.2 Å². The van der Waals surface area contributed by atoms with E-state index in [0.29, 0.717) is 10.0 Å². The van der Waals surface area contributed by atoms with Gasteiger partial charge in [0.05, 0.1) is 6.61 Å². The third kappa shape index (κ3) is 7.34. The van der Waals surface area contributed by atoms with Gasteiger partial charge in [0.2, 0.25) is 0 Å². The van der Waals surface area contributed by atoms with Crippen molar-refractivity contribution in [1.82, 2.24) is 0 Å². The molecule has 0 amide bonds. The molecular weight excluding hydrogens is 513 g/mol. The minimum absolute atomic E-state index is 0. The summed E-state index contributed by atoms with van der Waals surface area (Å²) >= 11 is 12.0. The van der Waals surface area contributed by atoms with Crippen LogP contribution in [-0.4, -0.2) is 18.0 Å². The maximum atomic E-state index is 8.84. The molecule has 1 aromatic rings. The molecule has 0 saturated carbocycles. The number of aliphatic hydroxyl groups excluding tert-OH is 1. The molecule has 0 aliphatic heterocycles. The van der Waals surface area contributed by atoms with E-state index >= 15 is 0 Å². The first-order chi connectivity index (χ1) is 8.54. The summed E-state index contributed by atoms with van der Waals surface area (Å²) in [6.07, 6.45) is -0.425. The summed E-state index contributed by atoms with van der Waals surface area (Å²) < 4.78 is 10.8. The molecular formula is C13H17Cl2O3U-. The van der Waals surface area contributed by atoms with Crippen LogP contribution in [0.4, 0.5) is 0 Å². The molecule has 0 bridgehead atoms. The largest absolute Gasteiger partial charge is 0.529 e. The SMILES string of the molecule is CC([CH-]OC(C)OCc1c(Cl)cccc1Cl)CO.[U]. The van der Waals surface area contributed by atoms with E-state index in [4.69, 9.17) is 37.8 Å². The minimum atomic E-state index is -0.425. The van der Waals surface area contributed by atoms with Crippen LogP contribution in [0, 0.1) is 43.6 Å². The van der Waals surface area contributed by atoms with Gasteiger partial charge in [-0.3, -0.25) is 0 Å². The van der Waals surface area contributed by atoms with E-state index in [1.807, 2.05) is 6.92 Å². The second kappa shape index (κ2) is 10.5. The van der Waals surface area contributed by atoms with Crippen molar-refractivity contribution in [2.45, 2.75) is 26.7 Å². The number of ether oxygens (including phenoxy) is 2. The van der Waals surface area contributed by atoms with E-state index in [-0.39, 0.29) is 50.2 Å². The Morgan fingerprint density at radius 2 is 1.84 bits per heavy atom. The van der Waals surface area contributed by atoms with Crippen molar-refractivity contribution < 1.29 is 45.7 Å². The molecule has 1 rings (SSSR count). The van der Waals surface area contributed by atoms with E-state index in [0.717, 1.165) is 5.56 Å². The van der Waals surface area contributed by atoms with Crippen LogP contribution in [0.1, 0.15) is 19.4 Å². The molecule has 3 nitrogen and oxygen atoms in total. The molecule has 2 unspecified atom stereocenters. The van der Waals surface area contributed by atoms with Gasteiger partial charge in [0, 0.05) is 53.3 Å². The second-order valence-electron chi connectivity index (χ2n) is 4.01. The summed E-state index contributed by atoms with van der Waals surface area (Å²) in [6.45, 7) is 5.49. The molecule has 106 valence electrons. The molecule has 2 atom stereocenters. The summed E-state index contributed by atoms with van der Waals surface area (Å²) in [5.41, 5.74) is 0.742. The van der Waals surface area contributed by atoms with Crippen molar-refractivity contribution in [1.29, 1.82) is 0 Å². The Kier molecular flexibility index (Phi) is 10.9. The Labute approximate surface area is 147 Å². The Bertz CT molecular complexity index is 357. The molecule has 0 aliphatic rings.